The van der Waals surface area contributed by atoms with Crippen molar-refractivity contribution < 1.29 is 18.0 Å². The van der Waals surface area contributed by atoms with E-state index in [0.717, 1.165) is 69.0 Å². The van der Waals surface area contributed by atoms with Crippen LogP contribution in [-0.2, 0) is 17.5 Å². The second-order valence-corrected chi connectivity index (χ2v) is 9.99. The number of anilines is 2. The molecule has 0 aromatic heterocycles. The van der Waals surface area contributed by atoms with E-state index >= 15 is 0 Å². The molecule has 198 valence electrons. The summed E-state index contributed by atoms with van der Waals surface area (Å²) in [5.41, 5.74) is 4.68. The third kappa shape index (κ3) is 6.27. The van der Waals surface area contributed by atoms with E-state index in [1.54, 1.807) is 0 Å². The highest BCUT2D eigenvalue weighted by Crippen LogP contribution is 2.35. The van der Waals surface area contributed by atoms with Gasteiger partial charge in [-0.25, -0.2) is 0 Å². The quantitative estimate of drug-likeness (QED) is 0.381. The molecule has 38 heavy (non-hydrogen) atoms. The topological polar surface area (TPSA) is 35.6 Å². The normalized spacial score (nSPS) is 17.0. The Hall–Kier alpha value is -3.58. The van der Waals surface area contributed by atoms with Crippen LogP contribution in [0.3, 0.4) is 0 Å². The average Bonchev–Trinajstić information content (AvgIpc) is 2.94. The fraction of sp³-hybridized carbons (Fsp3) is 0.323. The highest BCUT2D eigenvalue weighted by atomic mass is 19.4. The fourth-order valence-corrected chi connectivity index (χ4v) is 5.30. The predicted octanol–water partition coefficient (Wildman–Crippen LogP) is 6.99. The maximum atomic E-state index is 13.2. The van der Waals surface area contributed by atoms with Crippen molar-refractivity contribution in [1.29, 1.82) is 0 Å². The van der Waals surface area contributed by atoms with Crippen molar-refractivity contribution in [2.24, 2.45) is 0 Å². The van der Waals surface area contributed by atoms with Gasteiger partial charge in [0, 0.05) is 49.7 Å². The van der Waals surface area contributed by atoms with Gasteiger partial charge in [0.25, 0.3) is 5.91 Å². The van der Waals surface area contributed by atoms with Crippen molar-refractivity contribution in [2.45, 2.75) is 38.4 Å². The molecule has 4 nitrogen and oxygen atoms in total. The van der Waals surface area contributed by atoms with Crippen molar-refractivity contribution in [2.75, 3.05) is 36.4 Å². The van der Waals surface area contributed by atoms with Crippen molar-refractivity contribution in [3.63, 3.8) is 0 Å². The Bertz CT molecular complexity index is 1260. The number of carbonyl (C=O) groups excluding carboxylic acids is 1. The Morgan fingerprint density at radius 3 is 2.11 bits per heavy atom. The van der Waals surface area contributed by atoms with Gasteiger partial charge in [-0.1, -0.05) is 42.5 Å². The number of benzene rings is 3. The zero-order chi connectivity index (χ0) is 26.5. The Balaban J connectivity index is 1.21. The second-order valence-electron chi connectivity index (χ2n) is 9.99. The molecule has 0 saturated carbocycles. The first kappa shape index (κ1) is 26.0. The number of hydrogen-bond acceptors (Lipinski definition) is 3. The molecular weight excluding hydrogens is 487 g/mol. The number of halogens is 3. The van der Waals surface area contributed by atoms with E-state index in [1.165, 1.54) is 17.7 Å². The van der Waals surface area contributed by atoms with Crippen molar-refractivity contribution in [1.82, 2.24) is 4.90 Å². The van der Waals surface area contributed by atoms with Crippen LogP contribution in [-0.4, -0.2) is 37.0 Å². The van der Waals surface area contributed by atoms with E-state index in [0.29, 0.717) is 29.7 Å². The highest BCUT2D eigenvalue weighted by molar-refractivity contribution is 6.09. The SMILES string of the molecule is O=C(Nc1ccc(N2CCN(Cc3ccccc3)CC2)cc1)C1=C(c2ccc(C(F)(F)F)cc2)CCCC1. The van der Waals surface area contributed by atoms with E-state index in [2.05, 4.69) is 39.4 Å². The molecule has 1 N–H and O–H groups in total. The van der Waals surface area contributed by atoms with E-state index in [1.807, 2.05) is 30.3 Å². The summed E-state index contributed by atoms with van der Waals surface area (Å²) in [5.74, 6) is -0.179. The zero-order valence-electron chi connectivity index (χ0n) is 21.3. The maximum absolute atomic E-state index is 13.2. The lowest BCUT2D eigenvalue weighted by Gasteiger charge is -2.36. The van der Waals surface area contributed by atoms with Crippen molar-refractivity contribution in [3.05, 3.63) is 101 Å². The van der Waals surface area contributed by atoms with Gasteiger partial charge in [0.1, 0.15) is 0 Å². The van der Waals surface area contributed by atoms with Crippen LogP contribution in [0.2, 0.25) is 0 Å². The fourth-order valence-electron chi connectivity index (χ4n) is 5.30. The maximum Gasteiger partial charge on any atom is 0.416 e. The minimum absolute atomic E-state index is 0.179. The number of allylic oxidation sites excluding steroid dienone is 1. The number of alkyl halides is 3. The van der Waals surface area contributed by atoms with Crippen LogP contribution in [0.25, 0.3) is 5.57 Å². The van der Waals surface area contributed by atoms with Gasteiger partial charge in [0.05, 0.1) is 5.56 Å². The number of piperazine rings is 1. The molecule has 1 fully saturated rings. The molecule has 0 bridgehead atoms. The van der Waals surface area contributed by atoms with Crippen LogP contribution in [0.1, 0.15) is 42.4 Å². The minimum atomic E-state index is -4.37. The molecule has 0 unspecified atom stereocenters. The van der Waals surface area contributed by atoms with Crippen LogP contribution < -0.4 is 10.2 Å². The lowest BCUT2D eigenvalue weighted by Crippen LogP contribution is -2.45. The van der Waals surface area contributed by atoms with Gasteiger partial charge in [-0.05, 0) is 78.8 Å². The number of nitrogens with one attached hydrogen (secondary N) is 1. The standard InChI is InChI=1S/C31H32F3N3O/c32-31(33,34)25-12-10-24(11-13-25)28-8-4-5-9-29(28)30(38)35-26-14-16-27(17-15-26)37-20-18-36(19-21-37)22-23-6-2-1-3-7-23/h1-3,6-7,10-17H,4-5,8-9,18-22H2,(H,35,38). The van der Waals surface area contributed by atoms with Crippen LogP contribution in [0, 0.1) is 0 Å². The van der Waals surface area contributed by atoms with E-state index in [9.17, 15) is 18.0 Å². The van der Waals surface area contributed by atoms with E-state index in [-0.39, 0.29) is 5.91 Å². The first-order chi connectivity index (χ1) is 18.4. The zero-order valence-corrected chi connectivity index (χ0v) is 21.3. The Morgan fingerprint density at radius 2 is 1.45 bits per heavy atom. The molecule has 1 aliphatic carbocycles. The second kappa shape index (κ2) is 11.4. The summed E-state index contributed by atoms with van der Waals surface area (Å²) < 4.78 is 38.9. The molecule has 0 atom stereocenters. The van der Waals surface area contributed by atoms with Gasteiger partial charge in [0.15, 0.2) is 0 Å². The number of amides is 1. The highest BCUT2D eigenvalue weighted by Gasteiger charge is 2.30. The monoisotopic (exact) mass is 519 g/mol. The van der Waals surface area contributed by atoms with Gasteiger partial charge < -0.3 is 10.2 Å². The minimum Gasteiger partial charge on any atom is -0.369 e. The van der Waals surface area contributed by atoms with Gasteiger partial charge in [-0.15, -0.1) is 0 Å². The third-order valence-corrected chi connectivity index (χ3v) is 7.41. The van der Waals surface area contributed by atoms with E-state index in [4.69, 9.17) is 0 Å². The van der Waals surface area contributed by atoms with Crippen molar-refractivity contribution >= 4 is 22.9 Å². The molecular formula is C31H32F3N3O. The summed E-state index contributed by atoms with van der Waals surface area (Å²) in [6.45, 7) is 4.84. The molecule has 3 aromatic carbocycles. The molecule has 1 saturated heterocycles. The van der Waals surface area contributed by atoms with Gasteiger partial charge in [0.2, 0.25) is 0 Å². The summed E-state index contributed by atoms with van der Waals surface area (Å²) in [6, 6.07) is 23.6. The lowest BCUT2D eigenvalue weighted by molar-refractivity contribution is -0.137. The largest absolute Gasteiger partial charge is 0.416 e. The lowest BCUT2D eigenvalue weighted by atomic mass is 9.86. The smallest absolute Gasteiger partial charge is 0.369 e. The Labute approximate surface area is 221 Å². The first-order valence-corrected chi connectivity index (χ1v) is 13.2. The Kier molecular flexibility index (Phi) is 7.84. The average molecular weight is 520 g/mol. The number of rotatable bonds is 6. The van der Waals surface area contributed by atoms with Crippen LogP contribution >= 0.6 is 0 Å². The van der Waals surface area contributed by atoms with Gasteiger partial charge >= 0.3 is 6.18 Å². The molecule has 1 amide bonds. The first-order valence-electron chi connectivity index (χ1n) is 13.2. The third-order valence-electron chi connectivity index (χ3n) is 7.41. The predicted molar refractivity (Wildman–Crippen MR) is 146 cm³/mol. The van der Waals surface area contributed by atoms with Crippen LogP contribution in [0.15, 0.2) is 84.4 Å². The molecule has 3 aromatic rings. The number of nitrogens with zero attached hydrogens (tertiary/aromatic N) is 2. The van der Waals surface area contributed by atoms with Crippen LogP contribution in [0.5, 0.6) is 0 Å². The molecule has 0 radical (unpaired) electrons. The molecule has 7 heteroatoms. The summed E-state index contributed by atoms with van der Waals surface area (Å²) in [5, 5.41) is 3.01. The molecule has 1 heterocycles. The molecule has 5 rings (SSSR count). The number of hydrogen-bond donors (Lipinski definition) is 1. The summed E-state index contributed by atoms with van der Waals surface area (Å²) >= 11 is 0. The van der Waals surface area contributed by atoms with Crippen LogP contribution in [0.4, 0.5) is 24.5 Å². The van der Waals surface area contributed by atoms with Gasteiger partial charge in [-0.3, -0.25) is 9.69 Å². The Morgan fingerprint density at radius 1 is 0.789 bits per heavy atom. The summed E-state index contributed by atoms with van der Waals surface area (Å²) in [6.07, 6.45) is -1.26. The molecule has 1 aliphatic heterocycles. The summed E-state index contributed by atoms with van der Waals surface area (Å²) in [4.78, 5) is 18.0. The molecule has 0 spiro atoms. The van der Waals surface area contributed by atoms with Gasteiger partial charge in [-0.2, -0.15) is 13.2 Å². The van der Waals surface area contributed by atoms with E-state index < -0.39 is 11.7 Å². The molecule has 2 aliphatic rings. The summed E-state index contributed by atoms with van der Waals surface area (Å²) in [7, 11) is 0. The number of carbonyl (C=O) groups is 1. The van der Waals surface area contributed by atoms with Crippen molar-refractivity contribution in [3.8, 4) is 0 Å².